The van der Waals surface area contributed by atoms with Crippen molar-refractivity contribution >= 4 is 5.96 Å². The zero-order chi connectivity index (χ0) is 19.4. The van der Waals surface area contributed by atoms with Crippen LogP contribution in [-0.2, 0) is 9.47 Å². The van der Waals surface area contributed by atoms with E-state index in [4.69, 9.17) is 9.47 Å². The summed E-state index contributed by atoms with van der Waals surface area (Å²) in [7, 11) is 3.62. The highest BCUT2D eigenvalue weighted by Gasteiger charge is 2.33. The lowest BCUT2D eigenvalue weighted by Gasteiger charge is -2.30. The van der Waals surface area contributed by atoms with Crippen molar-refractivity contribution in [3.05, 3.63) is 35.9 Å². The van der Waals surface area contributed by atoms with Crippen molar-refractivity contribution < 1.29 is 9.47 Å². The Hall–Kier alpha value is -1.59. The molecule has 5 nitrogen and oxygen atoms in total. The first-order valence-corrected chi connectivity index (χ1v) is 10.3. The Morgan fingerprint density at radius 1 is 1.15 bits per heavy atom. The fourth-order valence-electron chi connectivity index (χ4n) is 3.81. The van der Waals surface area contributed by atoms with Gasteiger partial charge >= 0.3 is 0 Å². The van der Waals surface area contributed by atoms with E-state index in [2.05, 4.69) is 46.8 Å². The van der Waals surface area contributed by atoms with Crippen LogP contribution in [0.15, 0.2) is 35.3 Å². The van der Waals surface area contributed by atoms with Crippen LogP contribution < -0.4 is 10.6 Å². The molecule has 152 valence electrons. The number of aliphatic imine (C=N–C) groups is 1. The average molecular weight is 376 g/mol. The predicted octanol–water partition coefficient (Wildman–Crippen LogP) is 3.92. The summed E-state index contributed by atoms with van der Waals surface area (Å²) in [6.07, 6.45) is 7.43. The summed E-state index contributed by atoms with van der Waals surface area (Å²) in [6.45, 7) is 5.50. The van der Waals surface area contributed by atoms with Gasteiger partial charge < -0.3 is 20.1 Å². The van der Waals surface area contributed by atoms with Crippen molar-refractivity contribution in [2.75, 3.05) is 40.5 Å². The molecule has 1 unspecified atom stereocenters. The van der Waals surface area contributed by atoms with Gasteiger partial charge in [-0.3, -0.25) is 4.99 Å². The van der Waals surface area contributed by atoms with Crippen LogP contribution in [0.2, 0.25) is 0 Å². The molecule has 0 aromatic heterocycles. The van der Waals surface area contributed by atoms with Gasteiger partial charge in [0.15, 0.2) is 5.96 Å². The van der Waals surface area contributed by atoms with Crippen LogP contribution >= 0.6 is 0 Å². The molecule has 1 saturated carbocycles. The molecule has 27 heavy (non-hydrogen) atoms. The van der Waals surface area contributed by atoms with Gasteiger partial charge in [-0.25, -0.2) is 0 Å². The highest BCUT2D eigenvalue weighted by molar-refractivity contribution is 5.79. The molecule has 1 aliphatic rings. The number of nitrogens with zero attached hydrogens (tertiary/aromatic N) is 1. The molecule has 0 aliphatic heterocycles. The first kappa shape index (κ1) is 21.7. The molecule has 0 amide bonds. The maximum absolute atomic E-state index is 5.93. The first-order valence-electron chi connectivity index (χ1n) is 10.3. The molecule has 0 radical (unpaired) electrons. The fourth-order valence-corrected chi connectivity index (χ4v) is 3.81. The van der Waals surface area contributed by atoms with Gasteiger partial charge in [-0.05, 0) is 43.6 Å². The molecule has 1 fully saturated rings. The number of guanidine groups is 1. The van der Waals surface area contributed by atoms with Crippen molar-refractivity contribution in [3.8, 4) is 0 Å². The number of hydrogen-bond donors (Lipinski definition) is 2. The van der Waals surface area contributed by atoms with Crippen LogP contribution in [-0.4, -0.2) is 46.4 Å². The average Bonchev–Trinajstić information content (AvgIpc) is 3.18. The summed E-state index contributed by atoms with van der Waals surface area (Å²) in [4.78, 5) is 4.36. The van der Waals surface area contributed by atoms with Gasteiger partial charge in [-0.15, -0.1) is 0 Å². The van der Waals surface area contributed by atoms with Crippen LogP contribution in [0.5, 0.6) is 0 Å². The molecule has 1 aliphatic carbocycles. The van der Waals surface area contributed by atoms with Crippen molar-refractivity contribution in [1.29, 1.82) is 0 Å². The molecular formula is C22H37N3O2. The van der Waals surface area contributed by atoms with Crippen molar-refractivity contribution in [2.24, 2.45) is 10.4 Å². The normalized spacial score (nSPS) is 17.7. The van der Waals surface area contributed by atoms with Crippen molar-refractivity contribution in [1.82, 2.24) is 10.6 Å². The van der Waals surface area contributed by atoms with Gasteiger partial charge in [-0.1, -0.05) is 43.2 Å². The van der Waals surface area contributed by atoms with E-state index in [1.54, 1.807) is 7.11 Å². The minimum atomic E-state index is 0.131. The Bertz CT molecular complexity index is 542. The van der Waals surface area contributed by atoms with Crippen molar-refractivity contribution in [2.45, 2.75) is 51.6 Å². The maximum Gasteiger partial charge on any atom is 0.190 e. The molecule has 2 N–H and O–H groups in total. The van der Waals surface area contributed by atoms with Gasteiger partial charge in [0.2, 0.25) is 0 Å². The Labute approximate surface area is 164 Å². The third kappa shape index (κ3) is 7.51. The monoisotopic (exact) mass is 375 g/mol. The van der Waals surface area contributed by atoms with Gasteiger partial charge in [0.1, 0.15) is 0 Å². The predicted molar refractivity (Wildman–Crippen MR) is 112 cm³/mol. The fraction of sp³-hybridized carbons (Fsp3) is 0.682. The van der Waals surface area contributed by atoms with Gasteiger partial charge in [0.25, 0.3) is 0 Å². The second-order valence-electron chi connectivity index (χ2n) is 7.58. The zero-order valence-electron chi connectivity index (χ0n) is 17.3. The lowest BCUT2D eigenvalue weighted by molar-refractivity contribution is 0.0646. The van der Waals surface area contributed by atoms with E-state index in [9.17, 15) is 0 Å². The third-order valence-electron chi connectivity index (χ3n) is 5.61. The maximum atomic E-state index is 5.93. The Kier molecular flexibility index (Phi) is 9.64. The lowest BCUT2D eigenvalue weighted by Crippen LogP contribution is -2.43. The number of hydrogen-bond acceptors (Lipinski definition) is 3. The van der Waals surface area contributed by atoms with Crippen LogP contribution in [0.25, 0.3) is 0 Å². The molecule has 2 rings (SSSR count). The van der Waals surface area contributed by atoms with Crippen LogP contribution in [0.4, 0.5) is 0 Å². The quantitative estimate of drug-likeness (QED) is 0.350. The molecule has 1 aromatic carbocycles. The summed E-state index contributed by atoms with van der Waals surface area (Å²) < 4.78 is 11.2. The molecule has 0 heterocycles. The molecule has 0 bridgehead atoms. The number of benzene rings is 1. The van der Waals surface area contributed by atoms with E-state index in [-0.39, 0.29) is 6.10 Å². The van der Waals surface area contributed by atoms with Crippen LogP contribution in [0.1, 0.15) is 57.1 Å². The summed E-state index contributed by atoms with van der Waals surface area (Å²) >= 11 is 0. The molecule has 0 spiro atoms. The Morgan fingerprint density at radius 3 is 2.56 bits per heavy atom. The summed E-state index contributed by atoms with van der Waals surface area (Å²) in [5.74, 6) is 0.884. The second kappa shape index (κ2) is 12.0. The molecule has 5 heteroatoms. The minimum absolute atomic E-state index is 0.131. The SMILES string of the molecule is CN=C(NCCCOC(C)c1ccccc1)NCC1(CCOC)CCCC1. The largest absolute Gasteiger partial charge is 0.385 e. The number of rotatable bonds is 11. The molecule has 0 saturated heterocycles. The first-order chi connectivity index (χ1) is 13.2. The zero-order valence-corrected chi connectivity index (χ0v) is 17.3. The number of ether oxygens (including phenoxy) is 2. The van der Waals surface area contributed by atoms with E-state index in [0.29, 0.717) is 5.41 Å². The molecule has 1 aromatic rings. The van der Waals surface area contributed by atoms with Gasteiger partial charge in [0, 0.05) is 40.5 Å². The summed E-state index contributed by atoms with van der Waals surface area (Å²) in [6, 6.07) is 10.4. The standard InChI is InChI=1S/C22H37N3O2/c1-19(20-10-5-4-6-11-20)27-16-9-15-24-21(23-2)25-18-22(14-17-26-3)12-7-8-13-22/h4-6,10-11,19H,7-9,12-18H2,1-3H3,(H2,23,24,25). The molecular weight excluding hydrogens is 338 g/mol. The van der Waals surface area contributed by atoms with Gasteiger partial charge in [-0.2, -0.15) is 0 Å². The van der Waals surface area contributed by atoms with E-state index >= 15 is 0 Å². The van der Waals surface area contributed by atoms with Crippen LogP contribution in [0, 0.1) is 5.41 Å². The summed E-state index contributed by atoms with van der Waals surface area (Å²) in [5.41, 5.74) is 1.59. The van der Waals surface area contributed by atoms with Crippen LogP contribution in [0.3, 0.4) is 0 Å². The summed E-state index contributed by atoms with van der Waals surface area (Å²) in [5, 5.41) is 6.94. The van der Waals surface area contributed by atoms with E-state index in [1.165, 1.54) is 31.2 Å². The van der Waals surface area contributed by atoms with E-state index in [1.807, 2.05) is 13.1 Å². The van der Waals surface area contributed by atoms with E-state index < -0.39 is 0 Å². The third-order valence-corrected chi connectivity index (χ3v) is 5.61. The molecule has 1 atom stereocenters. The Morgan fingerprint density at radius 2 is 1.89 bits per heavy atom. The highest BCUT2D eigenvalue weighted by atomic mass is 16.5. The number of methoxy groups -OCH3 is 1. The second-order valence-corrected chi connectivity index (χ2v) is 7.58. The van der Waals surface area contributed by atoms with Crippen molar-refractivity contribution in [3.63, 3.8) is 0 Å². The van der Waals surface area contributed by atoms with Gasteiger partial charge in [0.05, 0.1) is 6.10 Å². The highest BCUT2D eigenvalue weighted by Crippen LogP contribution is 2.40. The number of nitrogens with one attached hydrogen (secondary N) is 2. The lowest BCUT2D eigenvalue weighted by atomic mass is 9.83. The van der Waals surface area contributed by atoms with E-state index in [0.717, 1.165) is 45.1 Å². The minimum Gasteiger partial charge on any atom is -0.385 e. The topological polar surface area (TPSA) is 54.9 Å². The smallest absolute Gasteiger partial charge is 0.190 e. The Balaban J connectivity index is 1.64.